The summed E-state index contributed by atoms with van der Waals surface area (Å²) < 4.78 is 27.7. The summed E-state index contributed by atoms with van der Waals surface area (Å²) in [4.78, 5) is 12.6. The Kier molecular flexibility index (Phi) is 6.95. The van der Waals surface area contributed by atoms with Crippen LogP contribution in [0.5, 0.6) is 23.0 Å². The molecule has 1 aliphatic rings. The van der Waals surface area contributed by atoms with Gasteiger partial charge in [-0.1, -0.05) is 6.07 Å². The van der Waals surface area contributed by atoms with Gasteiger partial charge in [-0.15, -0.1) is 0 Å². The summed E-state index contributed by atoms with van der Waals surface area (Å²) in [7, 11) is 4.55. The predicted molar refractivity (Wildman–Crippen MR) is 110 cm³/mol. The van der Waals surface area contributed by atoms with Crippen LogP contribution in [0.15, 0.2) is 39.9 Å². The highest BCUT2D eigenvalue weighted by atomic mass is 79.9. The highest BCUT2D eigenvalue weighted by molar-refractivity contribution is 9.10. The Bertz CT molecular complexity index is 918. The van der Waals surface area contributed by atoms with Crippen LogP contribution in [-0.2, 0) is 9.53 Å². The molecule has 9 heteroatoms. The van der Waals surface area contributed by atoms with Gasteiger partial charge in [-0.2, -0.15) is 5.10 Å². The summed E-state index contributed by atoms with van der Waals surface area (Å²) in [5, 5.41) is 4.03. The van der Waals surface area contributed by atoms with Crippen molar-refractivity contribution in [3.05, 3.63) is 45.9 Å². The number of fused-ring (bicyclic) bond motifs is 1. The molecule has 0 aromatic heterocycles. The molecule has 0 spiro atoms. The fourth-order valence-corrected chi connectivity index (χ4v) is 3.44. The van der Waals surface area contributed by atoms with Crippen molar-refractivity contribution in [1.29, 1.82) is 0 Å². The van der Waals surface area contributed by atoms with E-state index in [1.807, 2.05) is 0 Å². The lowest BCUT2D eigenvalue weighted by Crippen LogP contribution is -2.27. The maximum absolute atomic E-state index is 12.6. The van der Waals surface area contributed by atoms with Crippen molar-refractivity contribution in [3.63, 3.8) is 0 Å². The number of methoxy groups -OCH3 is 3. The number of amides is 1. The molecule has 0 fully saturated rings. The maximum atomic E-state index is 12.6. The van der Waals surface area contributed by atoms with Gasteiger partial charge in [-0.05, 0) is 45.8 Å². The van der Waals surface area contributed by atoms with Crippen molar-refractivity contribution in [1.82, 2.24) is 5.43 Å². The number of hydrogen-bond acceptors (Lipinski definition) is 7. The lowest BCUT2D eigenvalue weighted by Gasteiger charge is -2.20. The van der Waals surface area contributed by atoms with Crippen LogP contribution in [0, 0.1) is 0 Å². The first-order valence-corrected chi connectivity index (χ1v) is 9.54. The number of halogens is 1. The van der Waals surface area contributed by atoms with Gasteiger partial charge < -0.3 is 23.7 Å². The summed E-state index contributed by atoms with van der Waals surface area (Å²) in [6.07, 6.45) is 0.650. The second-order valence-corrected chi connectivity index (χ2v) is 6.75. The van der Waals surface area contributed by atoms with Crippen LogP contribution in [0.25, 0.3) is 0 Å². The Balaban J connectivity index is 1.72. The van der Waals surface area contributed by atoms with E-state index in [0.717, 1.165) is 0 Å². The molecule has 0 aliphatic carbocycles. The third-order valence-electron chi connectivity index (χ3n) is 4.24. The SMILES string of the molecule is COc1ccc(/C=N/NC(=O)C(OC)c2ccc3c(c2)OCCO3)c(Br)c1OC. The van der Waals surface area contributed by atoms with Gasteiger partial charge in [0.1, 0.15) is 13.2 Å². The highest BCUT2D eigenvalue weighted by Gasteiger charge is 2.22. The molecule has 1 heterocycles. The molecule has 1 aliphatic heterocycles. The van der Waals surface area contributed by atoms with Crippen LogP contribution in [-0.4, -0.2) is 46.7 Å². The predicted octanol–water partition coefficient (Wildman–Crippen LogP) is 3.08. The zero-order chi connectivity index (χ0) is 20.8. The van der Waals surface area contributed by atoms with Crippen LogP contribution >= 0.6 is 15.9 Å². The van der Waals surface area contributed by atoms with Gasteiger partial charge >= 0.3 is 0 Å². The number of benzene rings is 2. The molecule has 1 N–H and O–H groups in total. The summed E-state index contributed by atoms with van der Waals surface area (Å²) in [5.74, 6) is 1.93. The molecule has 2 aromatic carbocycles. The van der Waals surface area contributed by atoms with Crippen molar-refractivity contribution in [3.8, 4) is 23.0 Å². The van der Waals surface area contributed by atoms with Gasteiger partial charge in [0.25, 0.3) is 5.91 Å². The number of ether oxygens (including phenoxy) is 5. The molecule has 8 nitrogen and oxygen atoms in total. The molecular formula is C20H21BrN2O6. The third-order valence-corrected chi connectivity index (χ3v) is 5.05. The van der Waals surface area contributed by atoms with Crippen LogP contribution in [0.4, 0.5) is 0 Å². The minimum Gasteiger partial charge on any atom is -0.493 e. The summed E-state index contributed by atoms with van der Waals surface area (Å²) in [6.45, 7) is 0.964. The van der Waals surface area contributed by atoms with Gasteiger partial charge in [0.05, 0.1) is 24.9 Å². The topological polar surface area (TPSA) is 87.6 Å². The maximum Gasteiger partial charge on any atom is 0.273 e. The zero-order valence-corrected chi connectivity index (χ0v) is 17.8. The van der Waals surface area contributed by atoms with Crippen LogP contribution in [0.3, 0.4) is 0 Å². The molecule has 29 heavy (non-hydrogen) atoms. The van der Waals surface area contributed by atoms with E-state index in [2.05, 4.69) is 26.5 Å². The highest BCUT2D eigenvalue weighted by Crippen LogP contribution is 2.37. The summed E-state index contributed by atoms with van der Waals surface area (Å²) >= 11 is 3.46. The zero-order valence-electron chi connectivity index (χ0n) is 16.2. The molecule has 3 rings (SSSR count). The fraction of sp³-hybridized carbons (Fsp3) is 0.300. The second-order valence-electron chi connectivity index (χ2n) is 5.96. The van der Waals surface area contributed by atoms with Crippen LogP contribution in [0.1, 0.15) is 17.2 Å². The Morgan fingerprint density at radius 3 is 2.59 bits per heavy atom. The first-order chi connectivity index (χ1) is 14.1. The molecule has 0 bridgehead atoms. The molecule has 0 saturated heterocycles. The monoisotopic (exact) mass is 464 g/mol. The first-order valence-electron chi connectivity index (χ1n) is 8.74. The summed E-state index contributed by atoms with van der Waals surface area (Å²) in [5.41, 5.74) is 3.84. The van der Waals surface area contributed by atoms with Crippen LogP contribution in [0.2, 0.25) is 0 Å². The standard InChI is InChI=1S/C20H21BrN2O6/c1-25-15-7-5-13(17(21)19(15)27-3)11-22-23-20(24)18(26-2)12-4-6-14-16(10-12)29-9-8-28-14/h4-7,10-11,18H,8-9H2,1-3H3,(H,23,24)/b22-11+. The van der Waals surface area contributed by atoms with Gasteiger partial charge in [0.2, 0.25) is 0 Å². The fourth-order valence-electron chi connectivity index (χ4n) is 2.85. The van der Waals surface area contributed by atoms with Crippen molar-refractivity contribution in [2.75, 3.05) is 34.5 Å². The average Bonchev–Trinajstić information content (AvgIpc) is 2.75. The number of carbonyl (C=O) groups excluding carboxylic acids is 1. The van der Waals surface area contributed by atoms with E-state index >= 15 is 0 Å². The molecule has 154 valence electrons. The second kappa shape index (κ2) is 9.62. The first kappa shape index (κ1) is 20.9. The van der Waals surface area contributed by atoms with Crippen molar-refractivity contribution < 1.29 is 28.5 Å². The van der Waals surface area contributed by atoms with E-state index in [1.165, 1.54) is 13.3 Å². The van der Waals surface area contributed by atoms with Crippen molar-refractivity contribution in [2.24, 2.45) is 5.10 Å². The smallest absolute Gasteiger partial charge is 0.273 e. The molecule has 0 saturated carbocycles. The minimum atomic E-state index is -0.850. The lowest BCUT2D eigenvalue weighted by atomic mass is 10.1. The molecule has 1 unspecified atom stereocenters. The van der Waals surface area contributed by atoms with Gasteiger partial charge in [-0.25, -0.2) is 5.43 Å². The summed E-state index contributed by atoms with van der Waals surface area (Å²) in [6, 6.07) is 8.79. The Morgan fingerprint density at radius 2 is 1.90 bits per heavy atom. The van der Waals surface area contributed by atoms with E-state index in [4.69, 9.17) is 23.7 Å². The van der Waals surface area contributed by atoms with E-state index in [1.54, 1.807) is 44.6 Å². The Morgan fingerprint density at radius 1 is 1.14 bits per heavy atom. The molecule has 1 atom stereocenters. The number of carbonyl (C=O) groups is 1. The average molecular weight is 465 g/mol. The number of nitrogens with zero attached hydrogens (tertiary/aromatic N) is 1. The quantitative estimate of drug-likeness (QED) is 0.500. The van der Waals surface area contributed by atoms with Gasteiger partial charge in [-0.3, -0.25) is 4.79 Å². The number of rotatable bonds is 7. The molecular weight excluding hydrogens is 444 g/mol. The normalized spacial score (nSPS) is 13.8. The number of hydrazone groups is 1. The van der Waals surface area contributed by atoms with E-state index in [9.17, 15) is 4.79 Å². The third kappa shape index (κ3) is 4.63. The number of hydrogen-bond donors (Lipinski definition) is 1. The van der Waals surface area contributed by atoms with E-state index < -0.39 is 12.0 Å². The van der Waals surface area contributed by atoms with Gasteiger partial charge in [0, 0.05) is 12.7 Å². The Hall–Kier alpha value is -2.78. The molecule has 0 radical (unpaired) electrons. The van der Waals surface area contributed by atoms with Crippen molar-refractivity contribution >= 4 is 28.1 Å². The molecule has 2 aromatic rings. The number of nitrogens with one attached hydrogen (secondary N) is 1. The largest absolute Gasteiger partial charge is 0.493 e. The van der Waals surface area contributed by atoms with Crippen LogP contribution < -0.4 is 24.4 Å². The van der Waals surface area contributed by atoms with Gasteiger partial charge in [0.15, 0.2) is 29.1 Å². The Labute approximate surface area is 176 Å². The van der Waals surface area contributed by atoms with E-state index in [0.29, 0.717) is 51.8 Å². The lowest BCUT2D eigenvalue weighted by molar-refractivity contribution is -0.131. The minimum absolute atomic E-state index is 0.419. The molecule has 1 amide bonds. The van der Waals surface area contributed by atoms with Crippen molar-refractivity contribution in [2.45, 2.75) is 6.10 Å². The van der Waals surface area contributed by atoms with E-state index in [-0.39, 0.29) is 0 Å².